The SMILES string of the molecule is CN(C)C=NC(=O)c1c(F)cccc1C(=O)O. The number of benzene rings is 1. The summed E-state index contributed by atoms with van der Waals surface area (Å²) in [5.74, 6) is -3.19. The van der Waals surface area contributed by atoms with Crippen LogP contribution in [0, 0.1) is 5.82 Å². The smallest absolute Gasteiger partial charge is 0.336 e. The molecular weight excluding hydrogens is 227 g/mol. The van der Waals surface area contributed by atoms with Crippen LogP contribution in [0.1, 0.15) is 20.7 Å². The Bertz CT molecular complexity index is 484. The van der Waals surface area contributed by atoms with Gasteiger partial charge in [0.25, 0.3) is 5.91 Å². The van der Waals surface area contributed by atoms with Gasteiger partial charge in [-0.2, -0.15) is 4.99 Å². The Balaban J connectivity index is 3.21. The predicted octanol–water partition coefficient (Wildman–Crippen LogP) is 1.25. The van der Waals surface area contributed by atoms with E-state index in [1.165, 1.54) is 17.3 Å². The number of halogens is 1. The summed E-state index contributed by atoms with van der Waals surface area (Å²) in [4.78, 5) is 27.3. The molecule has 1 aromatic carbocycles. The first kappa shape index (κ1) is 12.8. The molecule has 0 aromatic heterocycles. The second-order valence-electron chi connectivity index (χ2n) is 3.48. The van der Waals surface area contributed by atoms with Gasteiger partial charge in [-0.15, -0.1) is 0 Å². The molecule has 17 heavy (non-hydrogen) atoms. The quantitative estimate of drug-likeness (QED) is 0.635. The molecule has 0 unspecified atom stereocenters. The monoisotopic (exact) mass is 238 g/mol. The lowest BCUT2D eigenvalue weighted by Crippen LogP contribution is -2.13. The first-order chi connectivity index (χ1) is 7.93. The molecule has 5 nitrogen and oxygen atoms in total. The van der Waals surface area contributed by atoms with Crippen molar-refractivity contribution in [3.63, 3.8) is 0 Å². The molecule has 0 radical (unpaired) electrons. The molecule has 0 bridgehead atoms. The van der Waals surface area contributed by atoms with Gasteiger partial charge in [0, 0.05) is 14.1 Å². The van der Waals surface area contributed by atoms with Crippen LogP contribution in [0.5, 0.6) is 0 Å². The Hall–Kier alpha value is -2.24. The highest BCUT2D eigenvalue weighted by molar-refractivity contribution is 6.07. The molecule has 90 valence electrons. The maximum Gasteiger partial charge on any atom is 0.336 e. The van der Waals surface area contributed by atoms with Gasteiger partial charge in [0.15, 0.2) is 0 Å². The van der Waals surface area contributed by atoms with E-state index < -0.39 is 28.8 Å². The Kier molecular flexibility index (Phi) is 3.92. The van der Waals surface area contributed by atoms with Crippen LogP contribution in [-0.4, -0.2) is 42.3 Å². The molecule has 0 saturated heterocycles. The average Bonchev–Trinajstić information content (AvgIpc) is 2.25. The highest BCUT2D eigenvalue weighted by atomic mass is 19.1. The summed E-state index contributed by atoms with van der Waals surface area (Å²) in [5, 5.41) is 8.84. The normalized spacial score (nSPS) is 10.5. The van der Waals surface area contributed by atoms with E-state index >= 15 is 0 Å². The number of carboxylic acid groups (broad SMARTS) is 1. The summed E-state index contributed by atoms with van der Waals surface area (Å²) in [6, 6.07) is 3.40. The van der Waals surface area contributed by atoms with Gasteiger partial charge in [-0.25, -0.2) is 9.18 Å². The molecule has 0 heterocycles. The topological polar surface area (TPSA) is 70.0 Å². The minimum Gasteiger partial charge on any atom is -0.478 e. The van der Waals surface area contributed by atoms with Crippen molar-refractivity contribution in [3.8, 4) is 0 Å². The number of aliphatic imine (C=N–C) groups is 1. The predicted molar refractivity (Wildman–Crippen MR) is 59.9 cm³/mol. The molecule has 0 atom stereocenters. The van der Waals surface area contributed by atoms with Crippen LogP contribution in [0.15, 0.2) is 23.2 Å². The lowest BCUT2D eigenvalue weighted by atomic mass is 10.1. The molecule has 0 fully saturated rings. The van der Waals surface area contributed by atoms with Crippen LogP contribution in [0.3, 0.4) is 0 Å². The summed E-state index contributed by atoms with van der Waals surface area (Å²) >= 11 is 0. The summed E-state index contributed by atoms with van der Waals surface area (Å²) < 4.78 is 13.4. The molecule has 1 rings (SSSR count). The maximum absolute atomic E-state index is 13.4. The van der Waals surface area contributed by atoms with Gasteiger partial charge >= 0.3 is 5.97 Å². The molecule has 1 aromatic rings. The molecule has 6 heteroatoms. The van der Waals surface area contributed by atoms with E-state index in [9.17, 15) is 14.0 Å². The zero-order chi connectivity index (χ0) is 13.0. The number of carbonyl (C=O) groups is 2. The molecule has 0 aliphatic heterocycles. The minimum atomic E-state index is -1.37. The lowest BCUT2D eigenvalue weighted by Gasteiger charge is -2.05. The van der Waals surface area contributed by atoms with E-state index in [-0.39, 0.29) is 0 Å². The lowest BCUT2D eigenvalue weighted by molar-refractivity contribution is 0.0691. The highest BCUT2D eigenvalue weighted by Crippen LogP contribution is 2.14. The largest absolute Gasteiger partial charge is 0.478 e. The number of amides is 1. The number of carboxylic acids is 1. The average molecular weight is 238 g/mol. The van der Waals surface area contributed by atoms with E-state index in [0.29, 0.717) is 0 Å². The summed E-state index contributed by atoms with van der Waals surface area (Å²) in [5.41, 5.74) is -0.927. The fourth-order valence-corrected chi connectivity index (χ4v) is 1.15. The van der Waals surface area contributed by atoms with Gasteiger partial charge in [0.2, 0.25) is 0 Å². The van der Waals surface area contributed by atoms with Crippen molar-refractivity contribution in [2.75, 3.05) is 14.1 Å². The van der Waals surface area contributed by atoms with Crippen molar-refractivity contribution < 1.29 is 19.1 Å². The van der Waals surface area contributed by atoms with Gasteiger partial charge < -0.3 is 10.0 Å². The highest BCUT2D eigenvalue weighted by Gasteiger charge is 2.19. The fraction of sp³-hybridized carbons (Fsp3) is 0.182. The summed E-state index contributed by atoms with van der Waals surface area (Å²) in [6.45, 7) is 0. The van der Waals surface area contributed by atoms with Crippen molar-refractivity contribution >= 4 is 18.2 Å². The zero-order valence-corrected chi connectivity index (χ0v) is 9.35. The minimum absolute atomic E-state index is 0.397. The van der Waals surface area contributed by atoms with Gasteiger partial charge in [0.1, 0.15) is 5.82 Å². The van der Waals surface area contributed by atoms with Crippen molar-refractivity contribution in [1.29, 1.82) is 0 Å². The van der Waals surface area contributed by atoms with Gasteiger partial charge in [-0.05, 0) is 12.1 Å². The zero-order valence-electron chi connectivity index (χ0n) is 9.35. The van der Waals surface area contributed by atoms with Crippen LogP contribution >= 0.6 is 0 Å². The first-order valence-electron chi connectivity index (χ1n) is 4.70. The molecule has 0 aliphatic carbocycles. The molecule has 0 aliphatic rings. The van der Waals surface area contributed by atoms with E-state index in [4.69, 9.17) is 5.11 Å². The number of rotatable bonds is 3. The van der Waals surface area contributed by atoms with E-state index in [1.54, 1.807) is 14.1 Å². The number of hydrogen-bond donors (Lipinski definition) is 1. The van der Waals surface area contributed by atoms with Gasteiger partial charge in [0.05, 0.1) is 17.5 Å². The number of aromatic carboxylic acids is 1. The van der Waals surface area contributed by atoms with Gasteiger partial charge in [-0.1, -0.05) is 6.07 Å². The molecule has 0 saturated carbocycles. The first-order valence-corrected chi connectivity index (χ1v) is 4.70. The number of nitrogens with zero attached hydrogens (tertiary/aromatic N) is 2. The Morgan fingerprint density at radius 1 is 1.41 bits per heavy atom. The Labute approximate surface area is 97.2 Å². The van der Waals surface area contributed by atoms with Gasteiger partial charge in [-0.3, -0.25) is 4.79 Å². The molecule has 0 spiro atoms. The van der Waals surface area contributed by atoms with E-state index in [0.717, 1.165) is 12.1 Å². The molecule has 1 N–H and O–H groups in total. The second kappa shape index (κ2) is 5.20. The Morgan fingerprint density at radius 2 is 2.06 bits per heavy atom. The van der Waals surface area contributed by atoms with Crippen molar-refractivity contribution in [2.24, 2.45) is 4.99 Å². The maximum atomic E-state index is 13.4. The van der Waals surface area contributed by atoms with Crippen molar-refractivity contribution in [1.82, 2.24) is 4.90 Å². The third-order valence-corrected chi connectivity index (χ3v) is 1.86. The van der Waals surface area contributed by atoms with Crippen molar-refractivity contribution in [2.45, 2.75) is 0 Å². The Morgan fingerprint density at radius 3 is 2.59 bits per heavy atom. The molecule has 1 amide bonds. The van der Waals surface area contributed by atoms with E-state index in [1.807, 2.05) is 0 Å². The standard InChI is InChI=1S/C11H11FN2O3/c1-14(2)6-13-10(15)9-7(11(16)17)4-3-5-8(9)12/h3-6H,1-2H3,(H,16,17). The third-order valence-electron chi connectivity index (χ3n) is 1.86. The summed E-state index contributed by atoms with van der Waals surface area (Å²) in [6.07, 6.45) is 1.18. The van der Waals surface area contributed by atoms with Crippen LogP contribution in [-0.2, 0) is 0 Å². The molecular formula is C11H11FN2O3. The fourth-order valence-electron chi connectivity index (χ4n) is 1.15. The summed E-state index contributed by atoms with van der Waals surface area (Å²) in [7, 11) is 3.27. The van der Waals surface area contributed by atoms with Crippen molar-refractivity contribution in [3.05, 3.63) is 35.1 Å². The van der Waals surface area contributed by atoms with Crippen LogP contribution in [0.25, 0.3) is 0 Å². The van der Waals surface area contributed by atoms with Crippen LogP contribution in [0.2, 0.25) is 0 Å². The third kappa shape index (κ3) is 3.10. The van der Waals surface area contributed by atoms with Crippen LogP contribution in [0.4, 0.5) is 4.39 Å². The van der Waals surface area contributed by atoms with E-state index in [2.05, 4.69) is 4.99 Å². The van der Waals surface area contributed by atoms with Crippen LogP contribution < -0.4 is 0 Å². The number of carbonyl (C=O) groups excluding carboxylic acids is 1. The second-order valence-corrected chi connectivity index (χ2v) is 3.48. The number of hydrogen-bond acceptors (Lipinski definition) is 2.